The number of carbonyl (C=O) groups excluding carboxylic acids is 4. The summed E-state index contributed by atoms with van der Waals surface area (Å²) in [7, 11) is 1.69. The van der Waals surface area contributed by atoms with Crippen LogP contribution >= 0.6 is 15.9 Å². The van der Waals surface area contributed by atoms with Gasteiger partial charge in [0.1, 0.15) is 17.7 Å². The topological polar surface area (TPSA) is 117 Å². The van der Waals surface area contributed by atoms with E-state index in [1.54, 1.807) is 29.0 Å². The lowest BCUT2D eigenvalue weighted by Crippen LogP contribution is -2.57. The number of fused-ring (bicyclic) bond motifs is 1. The molecule has 2 aromatic carbocycles. The summed E-state index contributed by atoms with van der Waals surface area (Å²) in [5.41, 5.74) is 0.0109. The highest BCUT2D eigenvalue weighted by molar-refractivity contribution is 9.09. The Balaban J connectivity index is 1.56. The van der Waals surface area contributed by atoms with Gasteiger partial charge in [0, 0.05) is 31.4 Å². The van der Waals surface area contributed by atoms with Gasteiger partial charge in [-0.2, -0.15) is 0 Å². The minimum atomic E-state index is -1.35. The van der Waals surface area contributed by atoms with Crippen LogP contribution in [0.3, 0.4) is 0 Å². The summed E-state index contributed by atoms with van der Waals surface area (Å²) >= 11 is 3.75. The van der Waals surface area contributed by atoms with E-state index in [1.165, 1.54) is 4.90 Å². The molecule has 0 saturated carbocycles. The lowest BCUT2D eigenvalue weighted by molar-refractivity contribution is -0.165. The van der Waals surface area contributed by atoms with Crippen LogP contribution in [0.2, 0.25) is 0 Å². The molecule has 0 radical (unpaired) electrons. The molecule has 2 aromatic rings. The second-order valence-electron chi connectivity index (χ2n) is 13.8. The van der Waals surface area contributed by atoms with Gasteiger partial charge < -0.3 is 29.3 Å². The van der Waals surface area contributed by atoms with Gasteiger partial charge in [0.25, 0.3) is 0 Å². The monoisotopic (exact) mass is 763 g/mol. The number of aliphatic hydroxyl groups is 1. The molecule has 3 saturated heterocycles. The summed E-state index contributed by atoms with van der Waals surface area (Å²) in [5.74, 6) is -3.58. The first-order valence-corrected chi connectivity index (χ1v) is 18.8. The van der Waals surface area contributed by atoms with Gasteiger partial charge in [-0.3, -0.25) is 19.2 Å². The molecule has 3 aliphatic heterocycles. The van der Waals surface area contributed by atoms with Crippen LogP contribution in [0.1, 0.15) is 69.2 Å². The second-order valence-corrected chi connectivity index (χ2v) is 15.0. The highest BCUT2D eigenvalue weighted by atomic mass is 79.9. The zero-order chi connectivity index (χ0) is 36.9. The standard InChI is InChI=1S/C40H50BrN3O7/c1-6-9-21-31(46)42(5)26(4)34(28-19-15-12-16-20-28)50-39(49)32-33-37(47)44(30(25-45)27-17-13-11-14-18-27)36(40(33)24-29(41)35(32)51-40)38(48)43(22-8-3)23-10-7-2/h6,8,11-20,26,29-30,32-36,45H,1,3,7,9-10,21-25H2,2,4-5H3/t26-,29?,30-,32+,33-,34+,35+,36+,40-/m1/s1. The quantitative estimate of drug-likeness (QED) is 0.131. The molecule has 0 aliphatic carbocycles. The largest absolute Gasteiger partial charge is 0.455 e. The number of rotatable bonds is 17. The minimum absolute atomic E-state index is 0.117. The van der Waals surface area contributed by atoms with E-state index in [0.29, 0.717) is 30.5 Å². The van der Waals surface area contributed by atoms with E-state index in [1.807, 2.05) is 74.5 Å². The first-order valence-electron chi connectivity index (χ1n) is 17.9. The van der Waals surface area contributed by atoms with Gasteiger partial charge >= 0.3 is 5.97 Å². The van der Waals surface area contributed by atoms with Crippen molar-refractivity contribution in [1.29, 1.82) is 0 Å². The Bertz CT molecular complexity index is 1570. The summed E-state index contributed by atoms with van der Waals surface area (Å²) in [6.45, 7) is 11.8. The van der Waals surface area contributed by atoms with Crippen molar-refractivity contribution in [2.75, 3.05) is 26.7 Å². The molecule has 3 amide bonds. The highest BCUT2D eigenvalue weighted by Crippen LogP contribution is 2.61. The number of benzene rings is 2. The van der Waals surface area contributed by atoms with Crippen LogP contribution in [0.5, 0.6) is 0 Å². The van der Waals surface area contributed by atoms with Crippen molar-refractivity contribution < 1.29 is 33.8 Å². The number of allylic oxidation sites excluding steroid dienone is 1. The SMILES string of the molecule is C=CCCC(=O)N(C)[C@H](C)[C@H](OC(=O)[C@@H]1[C@H]2O[C@@]3(CC2Br)[C@H](C(=O)N(CC=C)CCCC)N([C@H](CO)c2ccccc2)C(=O)[C@@H]13)c1ccccc1. The third-order valence-corrected chi connectivity index (χ3v) is 11.6. The van der Waals surface area contributed by atoms with E-state index in [9.17, 15) is 24.3 Å². The van der Waals surface area contributed by atoms with Crippen LogP contribution in [-0.2, 0) is 28.7 Å². The second kappa shape index (κ2) is 16.7. The van der Waals surface area contributed by atoms with Gasteiger partial charge in [-0.1, -0.05) is 102 Å². The third kappa shape index (κ3) is 7.30. The number of alkyl halides is 1. The van der Waals surface area contributed by atoms with Crippen LogP contribution in [0.25, 0.3) is 0 Å². The Morgan fingerprint density at radius 3 is 2.33 bits per heavy atom. The molecule has 3 fully saturated rings. The number of carbonyl (C=O) groups is 4. The Hall–Kier alpha value is -3.80. The van der Waals surface area contributed by atoms with E-state index in [2.05, 4.69) is 29.1 Å². The van der Waals surface area contributed by atoms with E-state index >= 15 is 0 Å². The lowest BCUT2D eigenvalue weighted by Gasteiger charge is -2.39. The van der Waals surface area contributed by atoms with Gasteiger partial charge in [0.2, 0.25) is 17.7 Å². The molecule has 1 spiro atoms. The molecule has 274 valence electrons. The maximum Gasteiger partial charge on any atom is 0.313 e. The number of nitrogens with zero attached hydrogens (tertiary/aromatic N) is 3. The van der Waals surface area contributed by atoms with Gasteiger partial charge in [-0.05, 0) is 37.3 Å². The van der Waals surface area contributed by atoms with Crippen molar-refractivity contribution in [2.45, 2.75) is 86.7 Å². The Kier molecular flexibility index (Phi) is 12.6. The van der Waals surface area contributed by atoms with Gasteiger partial charge in [-0.15, -0.1) is 13.2 Å². The Morgan fingerprint density at radius 2 is 1.75 bits per heavy atom. The third-order valence-electron chi connectivity index (χ3n) is 10.7. The summed E-state index contributed by atoms with van der Waals surface area (Å²) < 4.78 is 13.1. The van der Waals surface area contributed by atoms with Crippen molar-refractivity contribution in [3.8, 4) is 0 Å². The summed E-state index contributed by atoms with van der Waals surface area (Å²) in [4.78, 5) is 61.8. The fourth-order valence-electron chi connectivity index (χ4n) is 8.07. The number of aliphatic hydroxyl groups excluding tert-OH is 1. The number of ether oxygens (including phenoxy) is 2. The average Bonchev–Trinajstić information content (AvgIpc) is 3.74. The van der Waals surface area contributed by atoms with Crippen molar-refractivity contribution in [1.82, 2.24) is 14.7 Å². The molecule has 10 nitrogen and oxygen atoms in total. The molecular formula is C40H50BrN3O7. The molecule has 2 bridgehead atoms. The minimum Gasteiger partial charge on any atom is -0.455 e. The first kappa shape index (κ1) is 38.4. The molecule has 11 heteroatoms. The van der Waals surface area contributed by atoms with Crippen molar-refractivity contribution in [2.24, 2.45) is 11.8 Å². The fourth-order valence-corrected chi connectivity index (χ4v) is 9.02. The zero-order valence-corrected chi connectivity index (χ0v) is 31.3. The van der Waals surface area contributed by atoms with Gasteiger partial charge in [-0.25, -0.2) is 0 Å². The lowest BCUT2D eigenvalue weighted by atomic mass is 9.70. The normalized spacial score (nSPS) is 26.6. The van der Waals surface area contributed by atoms with Crippen LogP contribution in [0, 0.1) is 11.8 Å². The molecule has 1 unspecified atom stereocenters. The average molecular weight is 765 g/mol. The van der Waals surface area contributed by atoms with Crippen LogP contribution in [-0.4, -0.2) is 98.9 Å². The highest BCUT2D eigenvalue weighted by Gasteiger charge is 2.77. The zero-order valence-electron chi connectivity index (χ0n) is 29.7. The number of likely N-dealkylation sites (tertiary alicyclic amines) is 1. The summed E-state index contributed by atoms with van der Waals surface area (Å²) in [6.07, 6.45) is 4.46. The molecule has 9 atom stereocenters. The van der Waals surface area contributed by atoms with Crippen molar-refractivity contribution >= 4 is 39.6 Å². The Morgan fingerprint density at radius 1 is 1.10 bits per heavy atom. The van der Waals surface area contributed by atoms with Crippen LogP contribution in [0.4, 0.5) is 0 Å². The van der Waals surface area contributed by atoms with Crippen LogP contribution < -0.4 is 0 Å². The number of amides is 3. The van der Waals surface area contributed by atoms with E-state index in [-0.39, 0.29) is 29.6 Å². The van der Waals surface area contributed by atoms with Crippen molar-refractivity contribution in [3.05, 3.63) is 97.1 Å². The van der Waals surface area contributed by atoms with Gasteiger partial charge in [0.05, 0.1) is 36.6 Å². The predicted molar refractivity (Wildman–Crippen MR) is 197 cm³/mol. The number of halogens is 1. The molecule has 3 aliphatic rings. The summed E-state index contributed by atoms with van der Waals surface area (Å²) in [5, 5.41) is 10.8. The summed E-state index contributed by atoms with van der Waals surface area (Å²) in [6, 6.07) is 15.8. The van der Waals surface area contributed by atoms with Gasteiger partial charge in [0.15, 0.2) is 0 Å². The van der Waals surface area contributed by atoms with E-state index < -0.39 is 66.3 Å². The van der Waals surface area contributed by atoms with E-state index in [4.69, 9.17) is 9.47 Å². The maximum atomic E-state index is 14.9. The molecule has 1 N–H and O–H groups in total. The predicted octanol–water partition coefficient (Wildman–Crippen LogP) is 5.38. The molecule has 51 heavy (non-hydrogen) atoms. The Labute approximate surface area is 309 Å². The molecule has 5 rings (SSSR count). The number of esters is 1. The number of likely N-dealkylation sites (N-methyl/N-ethyl adjacent to an activating group) is 1. The first-order chi connectivity index (χ1) is 24.6. The molecule has 0 aromatic heterocycles. The molecular weight excluding hydrogens is 714 g/mol. The number of hydrogen-bond donors (Lipinski definition) is 1. The molecule has 3 heterocycles. The smallest absolute Gasteiger partial charge is 0.313 e. The maximum absolute atomic E-state index is 14.9. The van der Waals surface area contributed by atoms with Crippen LogP contribution in [0.15, 0.2) is 86.0 Å². The number of hydrogen-bond acceptors (Lipinski definition) is 7. The fraction of sp³-hybridized carbons (Fsp3) is 0.500. The van der Waals surface area contributed by atoms with E-state index in [0.717, 1.165) is 12.8 Å². The number of unbranched alkanes of at least 4 members (excludes halogenated alkanes) is 1. The van der Waals surface area contributed by atoms with Crippen molar-refractivity contribution in [3.63, 3.8) is 0 Å².